The smallest absolute Gasteiger partial charge is 0.343 e. The van der Waals surface area contributed by atoms with Gasteiger partial charge in [0.25, 0.3) is 0 Å². The first-order chi connectivity index (χ1) is 12.6. The second kappa shape index (κ2) is 7.66. The first-order valence-electron chi connectivity index (χ1n) is 7.70. The van der Waals surface area contributed by atoms with Gasteiger partial charge in [-0.3, -0.25) is 0 Å². The number of aliphatic hydroxyl groups excluding tert-OH is 1. The van der Waals surface area contributed by atoms with E-state index in [0.717, 1.165) is 5.56 Å². The lowest BCUT2D eigenvalue weighted by molar-refractivity contribution is -0.392. The van der Waals surface area contributed by atoms with E-state index in [0.29, 0.717) is 18.1 Å². The van der Waals surface area contributed by atoms with Crippen LogP contribution in [0.25, 0.3) is 12.2 Å². The van der Waals surface area contributed by atoms with E-state index in [-0.39, 0.29) is 24.8 Å². The molecule has 0 aliphatic rings. The summed E-state index contributed by atoms with van der Waals surface area (Å²) in [6.45, 7) is 0.339. The molecule has 0 aliphatic carbocycles. The van der Waals surface area contributed by atoms with Crippen LogP contribution in [0.1, 0.15) is 17.1 Å². The highest BCUT2D eigenvalue weighted by Gasteiger charge is 2.18. The van der Waals surface area contributed by atoms with E-state index in [2.05, 4.69) is 15.3 Å². The van der Waals surface area contributed by atoms with Gasteiger partial charge < -0.3 is 15.2 Å². The van der Waals surface area contributed by atoms with Gasteiger partial charge in [-0.25, -0.2) is 18.6 Å². The maximum atomic E-state index is 13.0. The predicted molar refractivity (Wildman–Crippen MR) is 90.2 cm³/mol. The van der Waals surface area contributed by atoms with Crippen LogP contribution in [0.3, 0.4) is 0 Å². The zero-order valence-electron chi connectivity index (χ0n) is 13.6. The topological polar surface area (TPSA) is 112 Å². The normalized spacial score (nSPS) is 11.3. The number of aliphatic hydroxyl groups is 1. The minimum absolute atomic E-state index is 0.147. The molecule has 0 radical (unpaired) electrons. The van der Waals surface area contributed by atoms with Gasteiger partial charge in [0.05, 0.1) is 19.3 Å². The molecule has 134 valence electrons. The zero-order chi connectivity index (χ0) is 18.5. The maximum Gasteiger partial charge on any atom is 0.343 e. The third-order valence-corrected chi connectivity index (χ3v) is 3.65. The van der Waals surface area contributed by atoms with Gasteiger partial charge in [-0.2, -0.15) is 0 Å². The van der Waals surface area contributed by atoms with Gasteiger partial charge >= 0.3 is 5.82 Å². The fourth-order valence-electron chi connectivity index (χ4n) is 2.36. The molecule has 3 aromatic rings. The van der Waals surface area contributed by atoms with Crippen molar-refractivity contribution in [1.82, 2.24) is 24.5 Å². The third kappa shape index (κ3) is 3.98. The summed E-state index contributed by atoms with van der Waals surface area (Å²) in [4.78, 5) is 14.8. The fraction of sp³-hybridized carbons (Fsp3) is 0.188. The van der Waals surface area contributed by atoms with Crippen molar-refractivity contribution in [1.29, 1.82) is 0 Å². The monoisotopic (exact) mass is 358 g/mol. The molecule has 3 rings (SSSR count). The van der Waals surface area contributed by atoms with Crippen molar-refractivity contribution in [3.8, 4) is 0 Å². The van der Waals surface area contributed by atoms with Crippen LogP contribution in [-0.2, 0) is 19.7 Å². The number of halogens is 1. The van der Waals surface area contributed by atoms with E-state index in [1.54, 1.807) is 30.5 Å². The van der Waals surface area contributed by atoms with E-state index in [4.69, 9.17) is 5.11 Å². The molecule has 2 aromatic heterocycles. The number of nitro groups is 1. The summed E-state index contributed by atoms with van der Waals surface area (Å²) in [6, 6.07) is 5.86. The van der Waals surface area contributed by atoms with Gasteiger partial charge in [-0.15, -0.1) is 5.10 Å². The Kier molecular flexibility index (Phi) is 5.13. The molecule has 0 atom stereocenters. The van der Waals surface area contributed by atoms with Crippen molar-refractivity contribution in [2.75, 3.05) is 0 Å². The minimum atomic E-state index is -0.511. The van der Waals surface area contributed by atoms with Gasteiger partial charge in [0.1, 0.15) is 24.3 Å². The summed E-state index contributed by atoms with van der Waals surface area (Å²) in [7, 11) is 0. The second-order valence-corrected chi connectivity index (χ2v) is 5.40. The SMILES string of the molecule is O=[N+]([O-])c1cnc(/C=C/c2ccc(F)cc2)n1CCn1cc(CO)nn1. The molecule has 0 fully saturated rings. The van der Waals surface area contributed by atoms with Gasteiger partial charge in [-0.1, -0.05) is 17.3 Å². The largest absolute Gasteiger partial charge is 0.390 e. The summed E-state index contributed by atoms with van der Waals surface area (Å²) >= 11 is 0. The Labute approximate surface area is 147 Å². The molecule has 0 saturated carbocycles. The number of hydrogen-bond acceptors (Lipinski definition) is 6. The molecule has 0 bridgehead atoms. The number of imidazole rings is 1. The van der Waals surface area contributed by atoms with Crippen LogP contribution in [0, 0.1) is 15.9 Å². The molecule has 9 nitrogen and oxygen atoms in total. The lowest BCUT2D eigenvalue weighted by Gasteiger charge is -2.03. The van der Waals surface area contributed by atoms with E-state index in [1.807, 2.05) is 0 Å². The summed E-state index contributed by atoms with van der Waals surface area (Å²) in [6.07, 6.45) is 6.07. The molecular weight excluding hydrogens is 343 g/mol. The lowest BCUT2D eigenvalue weighted by atomic mass is 10.2. The Bertz CT molecular complexity index is 932. The Morgan fingerprint density at radius 2 is 2.00 bits per heavy atom. The van der Waals surface area contributed by atoms with Crippen LogP contribution in [-0.4, -0.2) is 34.6 Å². The summed E-state index contributed by atoms with van der Waals surface area (Å²) < 4.78 is 15.9. The third-order valence-electron chi connectivity index (χ3n) is 3.65. The first kappa shape index (κ1) is 17.4. The number of aromatic nitrogens is 5. The first-order valence-corrected chi connectivity index (χ1v) is 7.70. The maximum absolute atomic E-state index is 13.0. The number of rotatable bonds is 7. The van der Waals surface area contributed by atoms with E-state index in [9.17, 15) is 14.5 Å². The quantitative estimate of drug-likeness (QED) is 0.510. The molecule has 2 heterocycles. The molecule has 0 unspecified atom stereocenters. The van der Waals surface area contributed by atoms with Crippen molar-refractivity contribution in [3.63, 3.8) is 0 Å². The highest BCUT2D eigenvalue weighted by atomic mass is 19.1. The van der Waals surface area contributed by atoms with E-state index >= 15 is 0 Å². The molecular formula is C16H15FN6O3. The van der Waals surface area contributed by atoms with Gasteiger partial charge in [0.15, 0.2) is 0 Å². The van der Waals surface area contributed by atoms with Crippen LogP contribution >= 0.6 is 0 Å². The number of nitrogens with zero attached hydrogens (tertiary/aromatic N) is 6. The van der Waals surface area contributed by atoms with Crippen LogP contribution in [0.5, 0.6) is 0 Å². The molecule has 10 heteroatoms. The number of aryl methyl sites for hydroxylation is 1. The summed E-state index contributed by atoms with van der Waals surface area (Å²) in [5, 5.41) is 27.8. The van der Waals surface area contributed by atoms with Crippen LogP contribution in [0.2, 0.25) is 0 Å². The Morgan fingerprint density at radius 3 is 2.65 bits per heavy atom. The van der Waals surface area contributed by atoms with Crippen LogP contribution in [0.4, 0.5) is 10.2 Å². The van der Waals surface area contributed by atoms with Crippen molar-refractivity contribution < 1.29 is 14.4 Å². The zero-order valence-corrected chi connectivity index (χ0v) is 13.6. The van der Waals surface area contributed by atoms with Crippen molar-refractivity contribution >= 4 is 18.0 Å². The molecule has 0 amide bonds. The lowest BCUT2D eigenvalue weighted by Crippen LogP contribution is -2.11. The minimum Gasteiger partial charge on any atom is -0.390 e. The predicted octanol–water partition coefficient (Wildman–Crippen LogP) is 1.88. The molecule has 1 aromatic carbocycles. The Hall–Kier alpha value is -3.40. The van der Waals surface area contributed by atoms with Gasteiger partial charge in [0.2, 0.25) is 5.82 Å². The Balaban J connectivity index is 1.81. The molecule has 1 N–H and O–H groups in total. The summed E-state index contributed by atoms with van der Waals surface area (Å²) in [5.41, 5.74) is 1.16. The molecule has 0 saturated heterocycles. The van der Waals surface area contributed by atoms with Crippen molar-refractivity contribution in [2.45, 2.75) is 19.7 Å². The standard InChI is InChI=1S/C16H15FN6O3/c17-13-4-1-12(2-5-13)3-6-15-18-9-16(23(25)26)22(15)8-7-21-10-14(11-24)19-20-21/h1-6,9-10,24H,7-8,11H2/b6-3+. The van der Waals surface area contributed by atoms with Crippen LogP contribution < -0.4 is 0 Å². The van der Waals surface area contributed by atoms with E-state index in [1.165, 1.54) is 27.6 Å². The molecule has 0 spiro atoms. The highest BCUT2D eigenvalue weighted by molar-refractivity contribution is 5.67. The second-order valence-electron chi connectivity index (χ2n) is 5.40. The van der Waals surface area contributed by atoms with Crippen molar-refractivity contribution in [2.24, 2.45) is 0 Å². The Morgan fingerprint density at radius 1 is 1.23 bits per heavy atom. The average Bonchev–Trinajstić information content (AvgIpc) is 3.26. The number of hydrogen-bond donors (Lipinski definition) is 1. The van der Waals surface area contributed by atoms with E-state index < -0.39 is 4.92 Å². The van der Waals surface area contributed by atoms with Gasteiger partial charge in [0, 0.05) is 6.08 Å². The average molecular weight is 358 g/mol. The molecule has 26 heavy (non-hydrogen) atoms. The number of benzene rings is 1. The highest BCUT2D eigenvalue weighted by Crippen LogP contribution is 2.17. The van der Waals surface area contributed by atoms with Gasteiger partial charge in [-0.05, 0) is 28.7 Å². The fourth-order valence-corrected chi connectivity index (χ4v) is 2.36. The van der Waals surface area contributed by atoms with Crippen molar-refractivity contribution in [3.05, 3.63) is 69.7 Å². The van der Waals surface area contributed by atoms with Crippen LogP contribution in [0.15, 0.2) is 36.7 Å². The molecule has 0 aliphatic heterocycles. The summed E-state index contributed by atoms with van der Waals surface area (Å²) in [5.74, 6) is -0.0934.